The smallest absolute Gasteiger partial charge is 0.252 e. The molecule has 1 rings (SSSR count). The third-order valence-corrected chi connectivity index (χ3v) is 5.66. The topological polar surface area (TPSA) is 13.1 Å². The van der Waals surface area contributed by atoms with Crippen molar-refractivity contribution in [2.45, 2.75) is 117 Å². The number of nitrogens with zero attached hydrogens (tertiary/aromatic N) is 1. The lowest BCUT2D eigenvalue weighted by Gasteiger charge is -2.04. The third kappa shape index (κ3) is 13.2. The van der Waals surface area contributed by atoms with E-state index in [0.717, 1.165) is 18.1 Å². The second kappa shape index (κ2) is 17.5. The van der Waals surface area contributed by atoms with E-state index < -0.39 is 0 Å². The quantitative estimate of drug-likeness (QED) is 0.183. The first-order chi connectivity index (χ1) is 13.3. The molecule has 156 valence electrons. The fraction of sp³-hybridized carbons (Fsp3) is 0.792. The Labute approximate surface area is 173 Å². The lowest BCUT2D eigenvalue weighted by molar-refractivity contribution is -0.732. The van der Waals surface area contributed by atoms with E-state index in [2.05, 4.69) is 26.1 Å². The Bertz CT molecular complexity index is 464. The Hall–Kier alpha value is -0.600. The van der Waals surface area contributed by atoms with Crippen molar-refractivity contribution in [3.63, 3.8) is 0 Å². The van der Waals surface area contributed by atoms with Gasteiger partial charge in [-0.2, -0.15) is 4.57 Å². The largest absolute Gasteiger partial charge is 0.323 e. The summed E-state index contributed by atoms with van der Waals surface area (Å²) in [6, 6.07) is 2.08. The van der Waals surface area contributed by atoms with E-state index in [1.807, 2.05) is 10.8 Å². The number of ether oxygens (including phenoxy) is 1. The van der Waals surface area contributed by atoms with Crippen LogP contribution in [0.4, 0.5) is 0 Å². The molecular formula is C24H43ClNO+. The normalized spacial score (nSPS) is 11.2. The van der Waals surface area contributed by atoms with Gasteiger partial charge in [-0.25, -0.2) is 0 Å². The summed E-state index contributed by atoms with van der Waals surface area (Å²) in [7, 11) is 0. The van der Waals surface area contributed by atoms with Gasteiger partial charge in [-0.3, -0.25) is 0 Å². The number of pyridine rings is 1. The number of hydrogen-bond donors (Lipinski definition) is 0. The van der Waals surface area contributed by atoms with Crippen molar-refractivity contribution in [1.29, 1.82) is 0 Å². The highest BCUT2D eigenvalue weighted by Gasteiger charge is 2.05. The van der Waals surface area contributed by atoms with Crippen LogP contribution in [-0.2, 0) is 17.9 Å². The maximum absolute atomic E-state index is 6.23. The number of halogens is 1. The molecule has 0 fully saturated rings. The van der Waals surface area contributed by atoms with Gasteiger partial charge in [-0.1, -0.05) is 109 Å². The van der Waals surface area contributed by atoms with Crippen LogP contribution in [0, 0.1) is 0 Å². The molecule has 0 unspecified atom stereocenters. The van der Waals surface area contributed by atoms with Crippen LogP contribution < -0.4 is 4.57 Å². The van der Waals surface area contributed by atoms with E-state index in [1.165, 1.54) is 95.5 Å². The number of rotatable bonds is 18. The third-order valence-electron chi connectivity index (χ3n) is 5.32. The second-order valence-corrected chi connectivity index (χ2v) is 8.23. The van der Waals surface area contributed by atoms with E-state index in [-0.39, 0.29) is 0 Å². The molecule has 0 radical (unpaired) electrons. The lowest BCUT2D eigenvalue weighted by Crippen LogP contribution is -2.34. The highest BCUT2D eigenvalue weighted by molar-refractivity contribution is 6.31. The van der Waals surface area contributed by atoms with Gasteiger partial charge < -0.3 is 4.74 Å². The summed E-state index contributed by atoms with van der Waals surface area (Å²) in [5.74, 6) is 0. The summed E-state index contributed by atoms with van der Waals surface area (Å²) < 4.78 is 7.78. The predicted octanol–water partition coefficient (Wildman–Crippen LogP) is 7.65. The average Bonchev–Trinajstić information content (AvgIpc) is 2.68. The molecule has 1 heterocycles. The molecule has 0 aromatic carbocycles. The van der Waals surface area contributed by atoms with Gasteiger partial charge in [-0.15, -0.1) is 0 Å². The molecule has 27 heavy (non-hydrogen) atoms. The van der Waals surface area contributed by atoms with Crippen molar-refractivity contribution in [2.75, 3.05) is 6.61 Å². The van der Waals surface area contributed by atoms with Crippen LogP contribution in [-0.4, -0.2) is 6.61 Å². The molecule has 1 aromatic heterocycles. The molecule has 0 saturated carbocycles. The van der Waals surface area contributed by atoms with Gasteiger partial charge >= 0.3 is 0 Å². The Morgan fingerprint density at radius 2 is 1.30 bits per heavy atom. The summed E-state index contributed by atoms with van der Waals surface area (Å²) in [4.78, 5) is 0. The summed E-state index contributed by atoms with van der Waals surface area (Å²) in [5.41, 5.74) is 1.19. The molecule has 1 aromatic rings. The Balaban J connectivity index is 1.82. The highest BCUT2D eigenvalue weighted by atomic mass is 35.5. The van der Waals surface area contributed by atoms with Gasteiger partial charge in [-0.05, 0) is 18.4 Å². The van der Waals surface area contributed by atoms with Gasteiger partial charge in [0.05, 0.1) is 6.61 Å². The molecule has 0 aliphatic carbocycles. The van der Waals surface area contributed by atoms with Crippen molar-refractivity contribution < 1.29 is 9.30 Å². The SMILES string of the molecule is CCCCCCCCCCCCCCCCOC[n+]1ccc(CC)c(Cl)c1. The van der Waals surface area contributed by atoms with Gasteiger partial charge in [0.15, 0.2) is 12.4 Å². The maximum atomic E-state index is 6.23. The molecule has 0 N–H and O–H groups in total. The molecule has 0 aliphatic rings. The average molecular weight is 397 g/mol. The van der Waals surface area contributed by atoms with Gasteiger partial charge in [0.2, 0.25) is 0 Å². The predicted molar refractivity (Wildman–Crippen MR) is 117 cm³/mol. The van der Waals surface area contributed by atoms with Crippen LogP contribution >= 0.6 is 11.6 Å². The minimum absolute atomic E-state index is 0.599. The van der Waals surface area contributed by atoms with E-state index in [0.29, 0.717) is 6.73 Å². The van der Waals surface area contributed by atoms with Crippen LogP contribution in [0.2, 0.25) is 5.02 Å². The van der Waals surface area contributed by atoms with E-state index in [4.69, 9.17) is 16.3 Å². The molecule has 0 bridgehead atoms. The van der Waals surface area contributed by atoms with Crippen molar-refractivity contribution in [3.8, 4) is 0 Å². The van der Waals surface area contributed by atoms with Crippen molar-refractivity contribution in [2.24, 2.45) is 0 Å². The standard InChI is InChI=1S/C24H43ClNO/c1-3-5-6-7-8-9-10-11-12-13-14-15-16-17-20-27-22-26-19-18-23(4-2)24(25)21-26/h18-19,21H,3-17,20,22H2,1-2H3/q+1. The van der Waals surface area contributed by atoms with E-state index in [1.54, 1.807) is 0 Å². The van der Waals surface area contributed by atoms with Crippen molar-refractivity contribution >= 4 is 11.6 Å². The first kappa shape index (κ1) is 24.4. The molecule has 0 atom stereocenters. The summed E-state index contributed by atoms with van der Waals surface area (Å²) in [6.45, 7) is 5.85. The lowest BCUT2D eigenvalue weighted by atomic mass is 10.0. The zero-order valence-electron chi connectivity index (χ0n) is 18.0. The van der Waals surface area contributed by atoms with E-state index in [9.17, 15) is 0 Å². The highest BCUT2D eigenvalue weighted by Crippen LogP contribution is 2.14. The summed E-state index contributed by atoms with van der Waals surface area (Å²) in [6.07, 6.45) is 24.5. The Kier molecular flexibility index (Phi) is 15.8. The first-order valence-corrected chi connectivity index (χ1v) is 11.9. The molecule has 0 spiro atoms. The summed E-state index contributed by atoms with van der Waals surface area (Å²) >= 11 is 6.23. The summed E-state index contributed by atoms with van der Waals surface area (Å²) in [5, 5.41) is 0.833. The minimum Gasteiger partial charge on any atom is -0.323 e. The number of unbranched alkanes of at least 4 members (excludes halogenated alkanes) is 13. The van der Waals surface area contributed by atoms with Crippen molar-refractivity contribution in [1.82, 2.24) is 0 Å². The first-order valence-electron chi connectivity index (χ1n) is 11.5. The molecule has 2 nitrogen and oxygen atoms in total. The Morgan fingerprint density at radius 1 is 0.778 bits per heavy atom. The second-order valence-electron chi connectivity index (χ2n) is 7.82. The molecule has 0 aliphatic heterocycles. The minimum atomic E-state index is 0.599. The number of aromatic nitrogens is 1. The van der Waals surface area contributed by atoms with Crippen LogP contribution in [0.15, 0.2) is 18.5 Å². The molecule has 0 amide bonds. The molecule has 0 saturated heterocycles. The zero-order chi connectivity index (χ0) is 19.6. The monoisotopic (exact) mass is 396 g/mol. The fourth-order valence-electron chi connectivity index (χ4n) is 3.47. The maximum Gasteiger partial charge on any atom is 0.252 e. The number of hydrogen-bond acceptors (Lipinski definition) is 1. The van der Waals surface area contributed by atoms with Crippen LogP contribution in [0.1, 0.15) is 109 Å². The van der Waals surface area contributed by atoms with Gasteiger partial charge in [0.1, 0.15) is 5.02 Å². The number of aryl methyl sites for hydroxylation is 1. The van der Waals surface area contributed by atoms with Gasteiger partial charge in [0.25, 0.3) is 6.73 Å². The van der Waals surface area contributed by atoms with Crippen LogP contribution in [0.25, 0.3) is 0 Å². The van der Waals surface area contributed by atoms with Crippen LogP contribution in [0.3, 0.4) is 0 Å². The molecule has 3 heteroatoms. The Morgan fingerprint density at radius 3 is 1.78 bits per heavy atom. The van der Waals surface area contributed by atoms with Crippen molar-refractivity contribution in [3.05, 3.63) is 29.0 Å². The molecular weight excluding hydrogens is 354 g/mol. The zero-order valence-corrected chi connectivity index (χ0v) is 18.7. The fourth-order valence-corrected chi connectivity index (χ4v) is 3.79. The van der Waals surface area contributed by atoms with Crippen LogP contribution in [0.5, 0.6) is 0 Å². The van der Waals surface area contributed by atoms with Gasteiger partial charge in [0, 0.05) is 6.07 Å². The van der Waals surface area contributed by atoms with E-state index >= 15 is 0 Å².